The first kappa shape index (κ1) is 11.6. The zero-order valence-electron chi connectivity index (χ0n) is 8.92. The van der Waals surface area contributed by atoms with Gasteiger partial charge in [0.25, 0.3) is 5.56 Å². The number of aromatic amines is 1. The molecule has 2 heterocycles. The zero-order chi connectivity index (χ0) is 11.4. The average molecular weight is 287 g/mol. The molecule has 0 amide bonds. The van der Waals surface area contributed by atoms with Gasteiger partial charge in [0.1, 0.15) is 10.3 Å². The summed E-state index contributed by atoms with van der Waals surface area (Å²) in [5.74, 6) is 0.613. The second-order valence-electron chi connectivity index (χ2n) is 3.90. The first-order valence-electron chi connectivity index (χ1n) is 5.48. The lowest BCUT2D eigenvalue weighted by Crippen LogP contribution is -2.24. The van der Waals surface area contributed by atoms with Crippen LogP contribution in [0.5, 0.6) is 0 Å². The molecule has 1 aromatic heterocycles. The van der Waals surface area contributed by atoms with Crippen LogP contribution in [0.15, 0.2) is 15.6 Å². The molecule has 16 heavy (non-hydrogen) atoms. The Labute approximate surface area is 102 Å². The molecule has 0 radical (unpaired) electrons. The van der Waals surface area contributed by atoms with Gasteiger partial charge in [-0.2, -0.15) is 0 Å². The molecule has 3 N–H and O–H groups in total. The Hall–Kier alpha value is -0.880. The average Bonchev–Trinajstić information content (AvgIpc) is 2.77. The topological polar surface area (TPSA) is 69.8 Å². The maximum atomic E-state index is 11.3. The van der Waals surface area contributed by atoms with Crippen LogP contribution in [-0.4, -0.2) is 29.1 Å². The van der Waals surface area contributed by atoms with E-state index in [9.17, 15) is 4.79 Å². The standard InChI is InChI=1S/C10H15BrN4O/c11-8-9(14-6-15-10(8)16)13-5-3-7-2-1-4-12-7/h6-7,12H,1-5H2,(H2,13,14,15,16)/t7-/m0/s1. The Morgan fingerprint density at radius 3 is 3.25 bits per heavy atom. The lowest BCUT2D eigenvalue weighted by atomic mass is 10.1. The van der Waals surface area contributed by atoms with Gasteiger partial charge in [-0.1, -0.05) is 0 Å². The highest BCUT2D eigenvalue weighted by molar-refractivity contribution is 9.10. The number of nitrogens with one attached hydrogen (secondary N) is 3. The van der Waals surface area contributed by atoms with E-state index in [0.29, 0.717) is 16.3 Å². The van der Waals surface area contributed by atoms with Gasteiger partial charge in [-0.05, 0) is 41.7 Å². The molecule has 0 bridgehead atoms. The highest BCUT2D eigenvalue weighted by atomic mass is 79.9. The summed E-state index contributed by atoms with van der Waals surface area (Å²) in [7, 11) is 0. The van der Waals surface area contributed by atoms with E-state index in [-0.39, 0.29) is 5.56 Å². The Kier molecular flexibility index (Phi) is 3.95. The van der Waals surface area contributed by atoms with Crippen molar-refractivity contribution in [3.05, 3.63) is 21.2 Å². The van der Waals surface area contributed by atoms with Crippen molar-refractivity contribution in [2.24, 2.45) is 0 Å². The predicted molar refractivity (Wildman–Crippen MR) is 66.7 cm³/mol. The third-order valence-electron chi connectivity index (χ3n) is 2.74. The summed E-state index contributed by atoms with van der Waals surface area (Å²) >= 11 is 3.21. The first-order chi connectivity index (χ1) is 7.77. The molecule has 88 valence electrons. The lowest BCUT2D eigenvalue weighted by Gasteiger charge is -2.11. The van der Waals surface area contributed by atoms with Gasteiger partial charge < -0.3 is 15.6 Å². The smallest absolute Gasteiger partial charge is 0.267 e. The molecule has 5 nitrogen and oxygen atoms in total. The van der Waals surface area contributed by atoms with Gasteiger partial charge in [-0.3, -0.25) is 4.79 Å². The molecule has 0 aliphatic carbocycles. The highest BCUT2D eigenvalue weighted by Crippen LogP contribution is 2.14. The van der Waals surface area contributed by atoms with Crippen LogP contribution in [-0.2, 0) is 0 Å². The van der Waals surface area contributed by atoms with Gasteiger partial charge in [-0.25, -0.2) is 4.98 Å². The molecular formula is C10H15BrN4O. The van der Waals surface area contributed by atoms with Crippen LogP contribution in [0.1, 0.15) is 19.3 Å². The Morgan fingerprint density at radius 2 is 2.50 bits per heavy atom. The summed E-state index contributed by atoms with van der Waals surface area (Å²) in [4.78, 5) is 17.8. The number of anilines is 1. The van der Waals surface area contributed by atoms with Crippen molar-refractivity contribution in [1.82, 2.24) is 15.3 Å². The summed E-state index contributed by atoms with van der Waals surface area (Å²) in [6.07, 6.45) is 4.97. The minimum Gasteiger partial charge on any atom is -0.369 e. The van der Waals surface area contributed by atoms with E-state index >= 15 is 0 Å². The van der Waals surface area contributed by atoms with Gasteiger partial charge >= 0.3 is 0 Å². The molecule has 1 saturated heterocycles. The van der Waals surface area contributed by atoms with Gasteiger partial charge in [0.05, 0.1) is 6.33 Å². The van der Waals surface area contributed by atoms with Crippen LogP contribution in [0, 0.1) is 0 Å². The van der Waals surface area contributed by atoms with Crippen molar-refractivity contribution in [2.75, 3.05) is 18.4 Å². The molecule has 0 saturated carbocycles. The summed E-state index contributed by atoms with van der Waals surface area (Å²) in [5, 5.41) is 6.59. The van der Waals surface area contributed by atoms with Crippen LogP contribution in [0.25, 0.3) is 0 Å². The van der Waals surface area contributed by atoms with E-state index in [2.05, 4.69) is 36.5 Å². The fourth-order valence-electron chi connectivity index (χ4n) is 1.87. The van der Waals surface area contributed by atoms with E-state index in [4.69, 9.17) is 0 Å². The highest BCUT2D eigenvalue weighted by Gasteiger charge is 2.13. The second kappa shape index (κ2) is 5.45. The summed E-state index contributed by atoms with van der Waals surface area (Å²) in [5.41, 5.74) is -0.156. The van der Waals surface area contributed by atoms with Crippen molar-refractivity contribution in [1.29, 1.82) is 0 Å². The number of rotatable bonds is 4. The quantitative estimate of drug-likeness (QED) is 0.775. The fraction of sp³-hybridized carbons (Fsp3) is 0.600. The normalized spacial score (nSPS) is 19.9. The minimum atomic E-state index is -0.156. The van der Waals surface area contributed by atoms with E-state index in [1.54, 1.807) is 0 Å². The molecule has 1 aromatic rings. The van der Waals surface area contributed by atoms with E-state index in [0.717, 1.165) is 19.5 Å². The maximum absolute atomic E-state index is 11.3. The van der Waals surface area contributed by atoms with Gasteiger partial charge in [0.15, 0.2) is 0 Å². The molecule has 2 rings (SSSR count). The molecule has 6 heteroatoms. The van der Waals surface area contributed by atoms with Crippen molar-refractivity contribution in [3.63, 3.8) is 0 Å². The maximum Gasteiger partial charge on any atom is 0.267 e. The molecule has 0 aromatic carbocycles. The van der Waals surface area contributed by atoms with Crippen LogP contribution in [0.3, 0.4) is 0 Å². The van der Waals surface area contributed by atoms with Gasteiger partial charge in [-0.15, -0.1) is 0 Å². The van der Waals surface area contributed by atoms with Crippen molar-refractivity contribution in [3.8, 4) is 0 Å². The van der Waals surface area contributed by atoms with Crippen LogP contribution >= 0.6 is 15.9 Å². The largest absolute Gasteiger partial charge is 0.369 e. The van der Waals surface area contributed by atoms with Crippen molar-refractivity contribution < 1.29 is 0 Å². The van der Waals surface area contributed by atoms with Gasteiger partial charge in [0.2, 0.25) is 0 Å². The van der Waals surface area contributed by atoms with Crippen LogP contribution in [0.2, 0.25) is 0 Å². The molecule has 1 fully saturated rings. The second-order valence-corrected chi connectivity index (χ2v) is 4.70. The summed E-state index contributed by atoms with van der Waals surface area (Å²) in [6.45, 7) is 1.95. The molecule has 0 spiro atoms. The number of nitrogens with zero attached hydrogens (tertiary/aromatic N) is 1. The minimum absolute atomic E-state index is 0.156. The number of hydrogen-bond donors (Lipinski definition) is 3. The molecule has 1 atom stereocenters. The predicted octanol–water partition coefficient (Wildman–Crippen LogP) is 1.09. The number of halogens is 1. The van der Waals surface area contributed by atoms with E-state index in [1.807, 2.05) is 0 Å². The molecular weight excluding hydrogens is 272 g/mol. The van der Waals surface area contributed by atoms with Crippen LogP contribution in [0.4, 0.5) is 5.82 Å². The zero-order valence-corrected chi connectivity index (χ0v) is 10.5. The fourth-order valence-corrected chi connectivity index (χ4v) is 2.23. The number of hydrogen-bond acceptors (Lipinski definition) is 4. The summed E-state index contributed by atoms with van der Waals surface area (Å²) in [6, 6.07) is 0.605. The van der Waals surface area contributed by atoms with Gasteiger partial charge in [0, 0.05) is 12.6 Å². The van der Waals surface area contributed by atoms with Crippen molar-refractivity contribution in [2.45, 2.75) is 25.3 Å². The van der Waals surface area contributed by atoms with Crippen LogP contribution < -0.4 is 16.2 Å². The van der Waals surface area contributed by atoms with E-state index in [1.165, 1.54) is 19.2 Å². The monoisotopic (exact) mass is 286 g/mol. The Bertz CT molecular complexity index is 400. The third-order valence-corrected chi connectivity index (χ3v) is 3.48. The molecule has 0 unspecified atom stereocenters. The molecule has 1 aliphatic heterocycles. The number of H-pyrrole nitrogens is 1. The first-order valence-corrected chi connectivity index (χ1v) is 6.27. The SMILES string of the molecule is O=c1[nH]cnc(NCC[C@@H]2CCCN2)c1Br. The third kappa shape index (κ3) is 2.82. The Morgan fingerprint density at radius 1 is 1.62 bits per heavy atom. The number of aromatic nitrogens is 2. The lowest BCUT2D eigenvalue weighted by molar-refractivity contribution is 0.574. The molecule has 1 aliphatic rings. The Balaban J connectivity index is 1.84. The van der Waals surface area contributed by atoms with Crippen molar-refractivity contribution >= 4 is 21.7 Å². The summed E-state index contributed by atoms with van der Waals surface area (Å²) < 4.78 is 0.467. The van der Waals surface area contributed by atoms with E-state index < -0.39 is 0 Å².